The second-order valence-corrected chi connectivity index (χ2v) is 16.2. The monoisotopic (exact) mass is 742 g/mol. The van der Waals surface area contributed by atoms with Crippen molar-refractivity contribution in [3.05, 3.63) is 182 Å². The molecule has 0 atom stereocenters. The molecule has 0 amide bonds. The van der Waals surface area contributed by atoms with Crippen molar-refractivity contribution in [2.45, 2.75) is 0 Å². The molecule has 0 aliphatic carbocycles. The number of hydrogen-bond donors (Lipinski definition) is 0. The van der Waals surface area contributed by atoms with Crippen LogP contribution in [0.5, 0.6) is 0 Å². The van der Waals surface area contributed by atoms with E-state index in [0.29, 0.717) is 0 Å². The molecule has 3 heterocycles. The highest BCUT2D eigenvalue weighted by Gasteiger charge is 2.20. The highest BCUT2D eigenvalue weighted by atomic mass is 32.1. The van der Waals surface area contributed by atoms with Gasteiger partial charge in [0, 0.05) is 41.7 Å². The molecule has 13 aromatic rings. The van der Waals surface area contributed by atoms with E-state index >= 15 is 0 Å². The Kier molecular flexibility index (Phi) is 6.35. The van der Waals surface area contributed by atoms with Gasteiger partial charge in [0.1, 0.15) is 11.2 Å². The summed E-state index contributed by atoms with van der Waals surface area (Å²) in [6, 6.07) is 66.3. The number of hydrogen-bond acceptors (Lipinski definition) is 3. The predicted molar refractivity (Wildman–Crippen MR) is 243 cm³/mol. The van der Waals surface area contributed by atoms with Gasteiger partial charge in [-0.3, -0.25) is 0 Å². The summed E-state index contributed by atoms with van der Waals surface area (Å²) in [7, 11) is 0. The second kappa shape index (κ2) is 11.7. The van der Waals surface area contributed by atoms with E-state index in [1.165, 1.54) is 80.3 Å². The van der Waals surface area contributed by atoms with Crippen LogP contribution in [-0.4, -0.2) is 0 Å². The highest BCUT2D eigenvalue weighted by Crippen LogP contribution is 2.47. The van der Waals surface area contributed by atoms with Gasteiger partial charge in [-0.1, -0.05) is 133 Å². The lowest BCUT2D eigenvalue weighted by Crippen LogP contribution is -1.91. The number of benzene rings is 10. The van der Waals surface area contributed by atoms with Gasteiger partial charge >= 0.3 is 0 Å². The Morgan fingerprint density at radius 2 is 0.842 bits per heavy atom. The Morgan fingerprint density at radius 3 is 1.61 bits per heavy atom. The molecule has 264 valence electrons. The number of thiophene rings is 1. The first-order valence-corrected chi connectivity index (χ1v) is 20.2. The maximum Gasteiger partial charge on any atom is 0.178 e. The third-order valence-electron chi connectivity index (χ3n) is 12.1. The summed E-state index contributed by atoms with van der Waals surface area (Å²) in [5.41, 5.74) is 10.7. The van der Waals surface area contributed by atoms with Gasteiger partial charge in [0.15, 0.2) is 11.2 Å². The molecule has 3 aromatic heterocycles. The fraction of sp³-hybridized carbons (Fsp3) is 0. The molecule has 0 bridgehead atoms. The molecule has 0 saturated heterocycles. The van der Waals surface area contributed by atoms with E-state index in [9.17, 15) is 0 Å². The van der Waals surface area contributed by atoms with Crippen LogP contribution in [0.2, 0.25) is 0 Å². The average Bonchev–Trinajstić information content (AvgIpc) is 3.96. The van der Waals surface area contributed by atoms with Crippen molar-refractivity contribution in [1.29, 1.82) is 0 Å². The summed E-state index contributed by atoms with van der Waals surface area (Å²) in [5.74, 6) is 0. The van der Waals surface area contributed by atoms with Crippen molar-refractivity contribution >= 4 is 108 Å². The van der Waals surface area contributed by atoms with Crippen LogP contribution in [0.1, 0.15) is 0 Å². The van der Waals surface area contributed by atoms with Crippen LogP contribution in [-0.2, 0) is 0 Å². The predicted octanol–water partition coefficient (Wildman–Crippen LogP) is 16.3. The van der Waals surface area contributed by atoms with E-state index in [4.69, 9.17) is 8.83 Å². The maximum atomic E-state index is 6.58. The molecule has 57 heavy (non-hydrogen) atoms. The molecular formula is C54H30O2S. The molecule has 0 saturated carbocycles. The zero-order chi connectivity index (χ0) is 37.2. The molecule has 0 fully saturated rings. The summed E-state index contributed by atoms with van der Waals surface area (Å²) in [4.78, 5) is 0. The van der Waals surface area contributed by atoms with Crippen molar-refractivity contribution in [2.24, 2.45) is 0 Å². The largest absolute Gasteiger partial charge is 0.452 e. The van der Waals surface area contributed by atoms with Gasteiger partial charge < -0.3 is 8.83 Å². The summed E-state index contributed by atoms with van der Waals surface area (Å²) in [5, 5.41) is 14.5. The van der Waals surface area contributed by atoms with Gasteiger partial charge in [0.05, 0.1) is 0 Å². The minimum absolute atomic E-state index is 0.801. The molecule has 0 N–H and O–H groups in total. The summed E-state index contributed by atoms with van der Waals surface area (Å²) in [6.45, 7) is 0. The third kappa shape index (κ3) is 4.46. The van der Waals surface area contributed by atoms with Crippen molar-refractivity contribution in [3.8, 4) is 33.4 Å². The SMILES string of the molecule is c1ccc2c(-c3c4ccccc4c(-c4ccc5c(c4)sc4ccc(-c6ccc7c(c6)oc6c7ccc7c8ccccc8oc76)cc45)c4ccccc34)cccc2c1. The first-order valence-electron chi connectivity index (χ1n) is 19.4. The quantitative estimate of drug-likeness (QED) is 0.169. The molecule has 3 heteroatoms. The highest BCUT2D eigenvalue weighted by molar-refractivity contribution is 7.25. The Balaban J connectivity index is 0.954. The van der Waals surface area contributed by atoms with Crippen molar-refractivity contribution in [3.63, 3.8) is 0 Å². The van der Waals surface area contributed by atoms with Crippen LogP contribution in [0.3, 0.4) is 0 Å². The molecule has 0 unspecified atom stereocenters. The Morgan fingerprint density at radius 1 is 0.298 bits per heavy atom. The molecule has 2 nitrogen and oxygen atoms in total. The Bertz CT molecular complexity index is 3760. The lowest BCUT2D eigenvalue weighted by molar-refractivity contribution is 0.633. The van der Waals surface area contributed by atoms with Gasteiger partial charge in [0.25, 0.3) is 0 Å². The minimum atomic E-state index is 0.801. The standard InChI is InChI=1S/C54H30O2S/c1-2-12-35-31(10-1)11-9-18-39(35)52-42-16-5-3-14-40(42)51(41-15-4-6-17-43(41)52)34-21-24-38-46-28-32(22-27-49(46)57-50(38)30-34)33-20-23-37-45-26-25-44-36-13-7-8-19-47(36)55-53(44)54(45)56-48(37)29-33/h1-30H. The maximum absolute atomic E-state index is 6.58. The van der Waals surface area contributed by atoms with E-state index < -0.39 is 0 Å². The number of rotatable bonds is 3. The van der Waals surface area contributed by atoms with Gasteiger partial charge in [-0.15, -0.1) is 11.3 Å². The number of furan rings is 2. The summed E-state index contributed by atoms with van der Waals surface area (Å²) >= 11 is 1.87. The molecule has 13 rings (SSSR count). The van der Waals surface area contributed by atoms with Crippen LogP contribution >= 0.6 is 11.3 Å². The molecule has 0 radical (unpaired) electrons. The van der Waals surface area contributed by atoms with E-state index in [0.717, 1.165) is 49.4 Å². The summed E-state index contributed by atoms with van der Waals surface area (Å²) in [6.07, 6.45) is 0. The third-order valence-corrected chi connectivity index (χ3v) is 13.2. The van der Waals surface area contributed by atoms with Gasteiger partial charge in [-0.2, -0.15) is 0 Å². The smallest absolute Gasteiger partial charge is 0.178 e. The van der Waals surface area contributed by atoms with Crippen LogP contribution in [0.15, 0.2) is 191 Å². The van der Waals surface area contributed by atoms with Gasteiger partial charge in [-0.25, -0.2) is 0 Å². The van der Waals surface area contributed by atoms with E-state index in [1.54, 1.807) is 0 Å². The lowest BCUT2D eigenvalue weighted by atomic mass is 9.84. The minimum Gasteiger partial charge on any atom is -0.452 e. The van der Waals surface area contributed by atoms with Gasteiger partial charge in [0.2, 0.25) is 0 Å². The number of fused-ring (bicyclic) bond motifs is 13. The van der Waals surface area contributed by atoms with Crippen molar-refractivity contribution in [1.82, 2.24) is 0 Å². The fourth-order valence-electron chi connectivity index (χ4n) is 9.48. The van der Waals surface area contributed by atoms with E-state index in [-0.39, 0.29) is 0 Å². The molecule has 0 spiro atoms. The molecule has 10 aromatic carbocycles. The van der Waals surface area contributed by atoms with Crippen LogP contribution in [0.4, 0.5) is 0 Å². The summed E-state index contributed by atoms with van der Waals surface area (Å²) < 4.78 is 15.5. The van der Waals surface area contributed by atoms with Crippen LogP contribution in [0.25, 0.3) is 130 Å². The Hall–Kier alpha value is -7.20. The Labute approximate surface area is 330 Å². The zero-order valence-electron chi connectivity index (χ0n) is 30.5. The van der Waals surface area contributed by atoms with Crippen LogP contribution < -0.4 is 0 Å². The van der Waals surface area contributed by atoms with E-state index in [1.807, 2.05) is 29.5 Å². The normalized spacial score (nSPS) is 12.2. The number of para-hydroxylation sites is 1. The topological polar surface area (TPSA) is 26.3 Å². The van der Waals surface area contributed by atoms with Crippen LogP contribution in [0, 0.1) is 0 Å². The fourth-order valence-corrected chi connectivity index (χ4v) is 10.6. The van der Waals surface area contributed by atoms with Crippen molar-refractivity contribution < 1.29 is 8.83 Å². The lowest BCUT2D eigenvalue weighted by Gasteiger charge is -2.18. The second-order valence-electron chi connectivity index (χ2n) is 15.1. The van der Waals surface area contributed by atoms with Crippen molar-refractivity contribution in [2.75, 3.05) is 0 Å². The molecular weight excluding hydrogens is 713 g/mol. The zero-order valence-corrected chi connectivity index (χ0v) is 31.4. The van der Waals surface area contributed by atoms with E-state index in [2.05, 4.69) is 164 Å². The molecule has 0 aliphatic rings. The first kappa shape index (κ1) is 31.1. The van der Waals surface area contributed by atoms with Gasteiger partial charge in [-0.05, 0) is 114 Å². The molecule has 0 aliphatic heterocycles. The first-order chi connectivity index (χ1) is 28.2. The average molecular weight is 743 g/mol.